The first-order valence-corrected chi connectivity index (χ1v) is 6.57. The van der Waals surface area contributed by atoms with Gasteiger partial charge in [-0.25, -0.2) is 9.78 Å². The third-order valence-electron chi connectivity index (χ3n) is 3.09. The summed E-state index contributed by atoms with van der Waals surface area (Å²) in [5.41, 5.74) is 1.07. The van der Waals surface area contributed by atoms with Crippen LogP contribution < -0.4 is 9.47 Å². The fourth-order valence-electron chi connectivity index (χ4n) is 1.98. The monoisotopic (exact) mass is 290 g/mol. The van der Waals surface area contributed by atoms with Crippen molar-refractivity contribution in [1.82, 2.24) is 9.55 Å². The van der Waals surface area contributed by atoms with E-state index in [9.17, 15) is 4.79 Å². The van der Waals surface area contributed by atoms with Crippen molar-refractivity contribution < 1.29 is 19.4 Å². The van der Waals surface area contributed by atoms with Crippen LogP contribution in [0.15, 0.2) is 30.7 Å². The van der Waals surface area contributed by atoms with Gasteiger partial charge in [0.25, 0.3) is 0 Å². The van der Waals surface area contributed by atoms with Crippen LogP contribution in [0.4, 0.5) is 0 Å². The summed E-state index contributed by atoms with van der Waals surface area (Å²) in [4.78, 5) is 15.1. The summed E-state index contributed by atoms with van der Waals surface area (Å²) < 4.78 is 12.9. The molecule has 112 valence electrons. The molecule has 0 unspecified atom stereocenters. The first-order valence-electron chi connectivity index (χ1n) is 6.57. The van der Waals surface area contributed by atoms with Crippen molar-refractivity contribution in [2.75, 3.05) is 7.11 Å². The molecule has 0 spiro atoms. The fraction of sp³-hybridized carbons (Fsp3) is 0.333. The SMILES string of the molecule is COc1ccc(C(=O)O)cc1OCc1cncn1C(C)C. The minimum Gasteiger partial charge on any atom is -0.493 e. The van der Waals surface area contributed by atoms with Gasteiger partial charge in [-0.2, -0.15) is 0 Å². The fourth-order valence-corrected chi connectivity index (χ4v) is 1.98. The quantitative estimate of drug-likeness (QED) is 0.885. The molecule has 0 fully saturated rings. The molecule has 6 nitrogen and oxygen atoms in total. The van der Waals surface area contributed by atoms with E-state index in [1.807, 2.05) is 4.57 Å². The molecular weight excluding hydrogens is 272 g/mol. The molecule has 6 heteroatoms. The van der Waals surface area contributed by atoms with Crippen LogP contribution >= 0.6 is 0 Å². The number of aromatic carboxylic acids is 1. The van der Waals surface area contributed by atoms with Crippen molar-refractivity contribution >= 4 is 5.97 Å². The lowest BCUT2D eigenvalue weighted by molar-refractivity contribution is 0.0696. The van der Waals surface area contributed by atoms with E-state index in [1.165, 1.54) is 19.2 Å². The van der Waals surface area contributed by atoms with Gasteiger partial charge in [0.15, 0.2) is 11.5 Å². The minimum absolute atomic E-state index is 0.156. The molecular formula is C15H18N2O4. The summed E-state index contributed by atoms with van der Waals surface area (Å²) in [5, 5.41) is 9.03. The summed E-state index contributed by atoms with van der Waals surface area (Å²) in [6.45, 7) is 4.39. The Hall–Kier alpha value is -2.50. The predicted octanol–water partition coefficient (Wildman–Crippen LogP) is 2.75. The van der Waals surface area contributed by atoms with E-state index in [0.29, 0.717) is 11.5 Å². The van der Waals surface area contributed by atoms with Crippen molar-refractivity contribution in [3.05, 3.63) is 42.0 Å². The van der Waals surface area contributed by atoms with Gasteiger partial charge in [-0.15, -0.1) is 0 Å². The number of hydrogen-bond acceptors (Lipinski definition) is 4. The Morgan fingerprint density at radius 2 is 2.14 bits per heavy atom. The summed E-state index contributed by atoms with van der Waals surface area (Å²) in [5.74, 6) is -0.112. The summed E-state index contributed by atoms with van der Waals surface area (Å²) >= 11 is 0. The van der Waals surface area contributed by atoms with Crippen LogP contribution in [-0.4, -0.2) is 27.7 Å². The van der Waals surface area contributed by atoms with Crippen LogP contribution in [0.2, 0.25) is 0 Å². The largest absolute Gasteiger partial charge is 0.493 e. The highest BCUT2D eigenvalue weighted by Crippen LogP contribution is 2.29. The molecule has 0 aliphatic carbocycles. The van der Waals surface area contributed by atoms with Gasteiger partial charge in [0.1, 0.15) is 6.61 Å². The van der Waals surface area contributed by atoms with Gasteiger partial charge >= 0.3 is 5.97 Å². The van der Waals surface area contributed by atoms with Crippen LogP contribution in [0.25, 0.3) is 0 Å². The molecule has 1 aromatic carbocycles. The number of ether oxygens (including phenoxy) is 2. The Labute approximate surface area is 122 Å². The molecule has 0 bridgehead atoms. The van der Waals surface area contributed by atoms with Crippen molar-refractivity contribution in [2.24, 2.45) is 0 Å². The number of aromatic nitrogens is 2. The zero-order chi connectivity index (χ0) is 15.4. The van der Waals surface area contributed by atoms with Crippen molar-refractivity contribution in [1.29, 1.82) is 0 Å². The van der Waals surface area contributed by atoms with Gasteiger partial charge in [-0.05, 0) is 32.0 Å². The maximum Gasteiger partial charge on any atom is 0.335 e. The first-order chi connectivity index (χ1) is 10.0. The summed E-state index contributed by atoms with van der Waals surface area (Å²) in [6, 6.07) is 4.79. The highest BCUT2D eigenvalue weighted by molar-refractivity contribution is 5.88. The Bertz CT molecular complexity index is 634. The number of hydrogen-bond donors (Lipinski definition) is 1. The molecule has 0 aliphatic rings. The van der Waals surface area contributed by atoms with Gasteiger partial charge < -0.3 is 19.1 Å². The number of carboxylic acids is 1. The smallest absolute Gasteiger partial charge is 0.335 e. The second-order valence-corrected chi connectivity index (χ2v) is 4.85. The van der Waals surface area contributed by atoms with E-state index >= 15 is 0 Å². The third-order valence-corrected chi connectivity index (χ3v) is 3.09. The third kappa shape index (κ3) is 3.34. The van der Waals surface area contributed by atoms with E-state index in [0.717, 1.165) is 5.69 Å². The van der Waals surface area contributed by atoms with Gasteiger partial charge in [0.2, 0.25) is 0 Å². The normalized spacial score (nSPS) is 10.7. The molecule has 0 atom stereocenters. The molecule has 1 N–H and O–H groups in total. The Morgan fingerprint density at radius 3 is 2.76 bits per heavy atom. The van der Waals surface area contributed by atoms with Crippen molar-refractivity contribution in [2.45, 2.75) is 26.5 Å². The zero-order valence-electron chi connectivity index (χ0n) is 12.2. The number of rotatable bonds is 6. The Kier molecular flexibility index (Phi) is 4.47. The first kappa shape index (κ1) is 14.9. The molecule has 0 amide bonds. The molecule has 2 rings (SSSR count). The van der Waals surface area contributed by atoms with Crippen molar-refractivity contribution in [3.63, 3.8) is 0 Å². The highest BCUT2D eigenvalue weighted by atomic mass is 16.5. The average molecular weight is 290 g/mol. The molecule has 0 radical (unpaired) electrons. The number of benzene rings is 1. The number of nitrogens with zero attached hydrogens (tertiary/aromatic N) is 2. The lowest BCUT2D eigenvalue weighted by Crippen LogP contribution is -2.08. The van der Waals surface area contributed by atoms with E-state index < -0.39 is 5.97 Å². The topological polar surface area (TPSA) is 73.6 Å². The van der Waals surface area contributed by atoms with Crippen LogP contribution in [-0.2, 0) is 6.61 Å². The van der Waals surface area contributed by atoms with E-state index in [-0.39, 0.29) is 18.2 Å². The maximum absolute atomic E-state index is 11.0. The van der Waals surface area contributed by atoms with E-state index in [1.54, 1.807) is 18.6 Å². The van der Waals surface area contributed by atoms with E-state index in [4.69, 9.17) is 14.6 Å². The second-order valence-electron chi connectivity index (χ2n) is 4.85. The molecule has 1 heterocycles. The number of imidazole rings is 1. The van der Waals surface area contributed by atoms with Crippen LogP contribution in [0, 0.1) is 0 Å². The van der Waals surface area contributed by atoms with Crippen molar-refractivity contribution in [3.8, 4) is 11.5 Å². The lowest BCUT2D eigenvalue weighted by atomic mass is 10.2. The summed E-state index contributed by atoms with van der Waals surface area (Å²) in [7, 11) is 1.51. The lowest BCUT2D eigenvalue weighted by Gasteiger charge is -2.14. The Morgan fingerprint density at radius 1 is 1.38 bits per heavy atom. The van der Waals surface area contributed by atoms with Crippen LogP contribution in [0.3, 0.4) is 0 Å². The molecule has 0 aliphatic heterocycles. The summed E-state index contributed by atoms with van der Waals surface area (Å²) in [6.07, 6.45) is 3.47. The number of carboxylic acid groups (broad SMARTS) is 1. The van der Waals surface area contributed by atoms with Gasteiger partial charge in [-0.1, -0.05) is 0 Å². The molecule has 0 saturated carbocycles. The Balaban J connectivity index is 2.20. The minimum atomic E-state index is -1.00. The highest BCUT2D eigenvalue weighted by Gasteiger charge is 2.12. The molecule has 2 aromatic rings. The predicted molar refractivity (Wildman–Crippen MR) is 76.9 cm³/mol. The average Bonchev–Trinajstić information content (AvgIpc) is 2.93. The second kappa shape index (κ2) is 6.30. The van der Waals surface area contributed by atoms with Gasteiger partial charge in [0.05, 0.1) is 30.9 Å². The van der Waals surface area contributed by atoms with E-state index in [2.05, 4.69) is 18.8 Å². The zero-order valence-corrected chi connectivity index (χ0v) is 12.2. The molecule has 0 saturated heterocycles. The molecule has 21 heavy (non-hydrogen) atoms. The van der Waals surface area contributed by atoms with Gasteiger partial charge in [-0.3, -0.25) is 0 Å². The van der Waals surface area contributed by atoms with Gasteiger partial charge in [0, 0.05) is 6.04 Å². The maximum atomic E-state index is 11.0. The number of methoxy groups -OCH3 is 1. The standard InChI is InChI=1S/C15H18N2O4/c1-10(2)17-9-16-7-12(17)8-21-14-6-11(15(18)19)4-5-13(14)20-3/h4-7,9-10H,8H2,1-3H3,(H,18,19). The molecule has 1 aromatic heterocycles. The van der Waals surface area contributed by atoms with Crippen LogP contribution in [0.1, 0.15) is 35.9 Å². The number of carbonyl (C=O) groups is 1. The van der Waals surface area contributed by atoms with Crippen LogP contribution in [0.5, 0.6) is 11.5 Å².